The molecule has 1 heterocycles. The third-order valence-corrected chi connectivity index (χ3v) is 3.14. The molecule has 0 aliphatic carbocycles. The molecule has 0 bridgehead atoms. The Labute approximate surface area is 113 Å². The lowest BCUT2D eigenvalue weighted by atomic mass is 9.96. The largest absolute Gasteiger partial charge is 0.306 e. The minimum Gasteiger partial charge on any atom is -0.306 e. The molecule has 1 unspecified atom stereocenters. The summed E-state index contributed by atoms with van der Waals surface area (Å²) in [5.74, 6) is 0.237. The molecule has 100 valence electrons. The molecule has 0 saturated carbocycles. The Morgan fingerprint density at radius 3 is 2.47 bits per heavy atom. The van der Waals surface area contributed by atoms with Crippen molar-refractivity contribution < 1.29 is 4.39 Å². The van der Waals surface area contributed by atoms with E-state index >= 15 is 0 Å². The van der Waals surface area contributed by atoms with Crippen LogP contribution >= 0.6 is 0 Å². The van der Waals surface area contributed by atoms with Gasteiger partial charge in [0.05, 0.1) is 0 Å². The van der Waals surface area contributed by atoms with E-state index in [9.17, 15) is 4.39 Å². The van der Waals surface area contributed by atoms with Crippen molar-refractivity contribution in [1.29, 1.82) is 0 Å². The molecule has 1 N–H and O–H groups in total. The molecule has 19 heavy (non-hydrogen) atoms. The van der Waals surface area contributed by atoms with Crippen LogP contribution in [-0.2, 0) is 6.54 Å². The summed E-state index contributed by atoms with van der Waals surface area (Å²) in [6.45, 7) is 5.07. The molecule has 0 saturated heterocycles. The number of nitrogens with zero attached hydrogens (tertiary/aromatic N) is 1. The fourth-order valence-corrected chi connectivity index (χ4v) is 2.14. The topological polar surface area (TPSA) is 24.9 Å². The van der Waals surface area contributed by atoms with Crippen LogP contribution in [0.15, 0.2) is 48.8 Å². The molecule has 3 heteroatoms. The predicted molar refractivity (Wildman–Crippen MR) is 75.1 cm³/mol. The lowest BCUT2D eigenvalue weighted by molar-refractivity contribution is 0.410. The summed E-state index contributed by atoms with van der Waals surface area (Å²) in [4.78, 5) is 4.10. The highest BCUT2D eigenvalue weighted by molar-refractivity contribution is 5.21. The summed E-state index contributed by atoms with van der Waals surface area (Å²) in [6, 6.07) is 10.9. The second kappa shape index (κ2) is 6.43. The van der Waals surface area contributed by atoms with E-state index in [0.29, 0.717) is 5.92 Å². The van der Waals surface area contributed by atoms with E-state index in [1.165, 1.54) is 12.1 Å². The van der Waals surface area contributed by atoms with Crippen molar-refractivity contribution in [2.75, 3.05) is 0 Å². The summed E-state index contributed by atoms with van der Waals surface area (Å²) >= 11 is 0. The van der Waals surface area contributed by atoms with E-state index in [2.05, 4.69) is 24.1 Å². The number of pyridine rings is 1. The third kappa shape index (κ3) is 3.86. The number of hydrogen-bond donors (Lipinski definition) is 1. The van der Waals surface area contributed by atoms with Gasteiger partial charge >= 0.3 is 0 Å². The minimum atomic E-state index is -0.196. The van der Waals surface area contributed by atoms with Crippen LogP contribution in [0.3, 0.4) is 0 Å². The van der Waals surface area contributed by atoms with Gasteiger partial charge in [-0.15, -0.1) is 0 Å². The molecule has 1 aromatic carbocycles. The first kappa shape index (κ1) is 13.7. The first-order chi connectivity index (χ1) is 9.16. The maximum absolute atomic E-state index is 13.0. The van der Waals surface area contributed by atoms with Gasteiger partial charge in [-0.25, -0.2) is 4.39 Å². The van der Waals surface area contributed by atoms with Gasteiger partial charge < -0.3 is 5.32 Å². The summed E-state index contributed by atoms with van der Waals surface area (Å²) in [5.41, 5.74) is 2.26. The monoisotopic (exact) mass is 258 g/mol. The molecule has 2 nitrogen and oxygen atoms in total. The van der Waals surface area contributed by atoms with Gasteiger partial charge in [0.15, 0.2) is 0 Å². The van der Waals surface area contributed by atoms with Crippen molar-refractivity contribution in [3.63, 3.8) is 0 Å². The molecule has 0 aliphatic rings. The zero-order chi connectivity index (χ0) is 13.7. The number of hydrogen-bond acceptors (Lipinski definition) is 2. The highest BCUT2D eigenvalue weighted by Gasteiger charge is 2.15. The van der Waals surface area contributed by atoms with Gasteiger partial charge in [-0.2, -0.15) is 0 Å². The van der Waals surface area contributed by atoms with Crippen LogP contribution in [0.4, 0.5) is 4.39 Å². The average Bonchev–Trinajstić information content (AvgIpc) is 2.42. The van der Waals surface area contributed by atoms with Crippen LogP contribution in [0, 0.1) is 11.7 Å². The number of benzene rings is 1. The van der Waals surface area contributed by atoms with Crippen molar-refractivity contribution in [2.24, 2.45) is 5.92 Å². The van der Waals surface area contributed by atoms with Crippen molar-refractivity contribution in [1.82, 2.24) is 10.3 Å². The van der Waals surface area contributed by atoms with Crippen molar-refractivity contribution in [2.45, 2.75) is 26.4 Å². The van der Waals surface area contributed by atoms with E-state index in [4.69, 9.17) is 0 Å². The van der Waals surface area contributed by atoms with Gasteiger partial charge in [0, 0.05) is 25.0 Å². The molecular formula is C16H19FN2. The minimum absolute atomic E-state index is 0.196. The Morgan fingerprint density at radius 2 is 1.89 bits per heavy atom. The molecule has 1 aromatic heterocycles. The maximum Gasteiger partial charge on any atom is 0.123 e. The normalized spacial score (nSPS) is 12.6. The van der Waals surface area contributed by atoms with E-state index < -0.39 is 0 Å². The third-order valence-electron chi connectivity index (χ3n) is 3.14. The fraction of sp³-hybridized carbons (Fsp3) is 0.312. The zero-order valence-electron chi connectivity index (χ0n) is 11.3. The van der Waals surface area contributed by atoms with E-state index in [1.807, 2.05) is 30.5 Å². The molecule has 1 atom stereocenters. The Bertz CT molecular complexity index is 494. The molecule has 2 aromatic rings. The Balaban J connectivity index is 2.06. The highest BCUT2D eigenvalue weighted by Crippen LogP contribution is 2.22. The number of aromatic nitrogens is 1. The fourth-order valence-electron chi connectivity index (χ4n) is 2.14. The van der Waals surface area contributed by atoms with Crippen LogP contribution in [-0.4, -0.2) is 4.98 Å². The quantitative estimate of drug-likeness (QED) is 0.884. The lowest BCUT2D eigenvalue weighted by Gasteiger charge is -2.23. The van der Waals surface area contributed by atoms with Crippen molar-refractivity contribution >= 4 is 0 Å². The van der Waals surface area contributed by atoms with Crippen LogP contribution < -0.4 is 5.32 Å². The summed E-state index contributed by atoms with van der Waals surface area (Å²) in [7, 11) is 0. The van der Waals surface area contributed by atoms with E-state index in [-0.39, 0.29) is 11.9 Å². The molecule has 0 radical (unpaired) electrons. The standard InChI is InChI=1S/C16H19FN2/c1-12(2)16(14-5-7-15(17)8-6-14)19-11-13-4-3-9-18-10-13/h3-10,12,16,19H,11H2,1-2H3. The van der Waals surface area contributed by atoms with Gasteiger partial charge in [0.2, 0.25) is 0 Å². The Morgan fingerprint density at radius 1 is 1.16 bits per heavy atom. The Kier molecular flexibility index (Phi) is 4.63. The van der Waals surface area contributed by atoms with Crippen molar-refractivity contribution in [3.8, 4) is 0 Å². The first-order valence-corrected chi connectivity index (χ1v) is 6.54. The average molecular weight is 258 g/mol. The highest BCUT2D eigenvalue weighted by atomic mass is 19.1. The van der Waals surface area contributed by atoms with Gasteiger partial charge in [0.25, 0.3) is 0 Å². The van der Waals surface area contributed by atoms with E-state index in [0.717, 1.165) is 17.7 Å². The summed E-state index contributed by atoms with van der Waals surface area (Å²) in [6.07, 6.45) is 3.62. The van der Waals surface area contributed by atoms with Gasteiger partial charge in [0.1, 0.15) is 5.82 Å². The predicted octanol–water partition coefficient (Wildman–Crippen LogP) is 3.71. The smallest absolute Gasteiger partial charge is 0.123 e. The van der Waals surface area contributed by atoms with Crippen LogP contribution in [0.1, 0.15) is 31.0 Å². The SMILES string of the molecule is CC(C)C(NCc1cccnc1)c1ccc(F)cc1. The van der Waals surface area contributed by atoms with Gasteiger partial charge in [-0.05, 0) is 35.2 Å². The van der Waals surface area contributed by atoms with Crippen molar-refractivity contribution in [3.05, 3.63) is 65.7 Å². The van der Waals surface area contributed by atoms with Crippen LogP contribution in [0.25, 0.3) is 0 Å². The number of rotatable bonds is 5. The molecule has 0 amide bonds. The van der Waals surface area contributed by atoms with Crippen LogP contribution in [0.2, 0.25) is 0 Å². The summed E-state index contributed by atoms with van der Waals surface area (Å²) < 4.78 is 13.0. The summed E-state index contributed by atoms with van der Waals surface area (Å²) in [5, 5.41) is 3.51. The molecule has 0 spiro atoms. The molecular weight excluding hydrogens is 239 g/mol. The molecule has 0 aliphatic heterocycles. The lowest BCUT2D eigenvalue weighted by Crippen LogP contribution is -2.25. The van der Waals surface area contributed by atoms with E-state index in [1.54, 1.807) is 6.20 Å². The number of nitrogens with one attached hydrogen (secondary N) is 1. The second-order valence-corrected chi connectivity index (χ2v) is 5.02. The van der Waals surface area contributed by atoms with Gasteiger partial charge in [-0.1, -0.05) is 32.0 Å². The zero-order valence-corrected chi connectivity index (χ0v) is 11.3. The van der Waals surface area contributed by atoms with Gasteiger partial charge in [-0.3, -0.25) is 4.98 Å². The maximum atomic E-state index is 13.0. The second-order valence-electron chi connectivity index (χ2n) is 5.02. The van der Waals surface area contributed by atoms with Crippen LogP contribution in [0.5, 0.6) is 0 Å². The molecule has 0 fully saturated rings. The Hall–Kier alpha value is -1.74. The first-order valence-electron chi connectivity index (χ1n) is 6.54. The molecule has 2 rings (SSSR count). The number of halogens is 1.